The van der Waals surface area contributed by atoms with Crippen LogP contribution in [0.1, 0.15) is 18.2 Å². The molecule has 0 amide bonds. The first-order valence-corrected chi connectivity index (χ1v) is 15.4. The zero-order valence-electron chi connectivity index (χ0n) is 28.8. The molecule has 0 unspecified atom stereocenters. The van der Waals surface area contributed by atoms with Crippen molar-refractivity contribution in [3.63, 3.8) is 0 Å². The molecule has 0 aliphatic heterocycles. The lowest BCUT2D eigenvalue weighted by molar-refractivity contribution is 0.669. The fourth-order valence-electron chi connectivity index (χ4n) is 6.01. The number of hydrogen-bond donors (Lipinski definition) is 0. The highest BCUT2D eigenvalue weighted by molar-refractivity contribution is 7.26. The predicted octanol–water partition coefficient (Wildman–Crippen LogP) is 10.7. The average Bonchev–Trinajstić information content (AvgIpc) is 3.72. The molecule has 0 N–H and O–H groups in total. The number of furan rings is 1. The molecule has 5 heteroatoms. The number of rotatable bonds is 5. The van der Waals surface area contributed by atoms with Gasteiger partial charge in [-0.25, -0.2) is 15.0 Å². The van der Waals surface area contributed by atoms with Gasteiger partial charge in [0.05, 0.1) is 6.85 Å². The summed E-state index contributed by atoms with van der Waals surface area (Å²) in [6.45, 7) is 0. The summed E-state index contributed by atoms with van der Waals surface area (Å²) in [7, 11) is 0. The van der Waals surface area contributed by atoms with Gasteiger partial charge in [0.15, 0.2) is 11.6 Å². The Bertz CT molecular complexity index is 2780. The van der Waals surface area contributed by atoms with Gasteiger partial charge in [-0.3, -0.25) is 0 Å². The Morgan fingerprint density at radius 3 is 2.31 bits per heavy atom. The van der Waals surface area contributed by atoms with Gasteiger partial charge in [0.2, 0.25) is 0 Å². The van der Waals surface area contributed by atoms with Crippen molar-refractivity contribution in [2.24, 2.45) is 0 Å². The summed E-state index contributed by atoms with van der Waals surface area (Å²) in [6, 6.07) is 34.0. The zero-order chi connectivity index (χ0) is 34.1. The zero-order valence-corrected chi connectivity index (χ0v) is 24.6. The van der Waals surface area contributed by atoms with Crippen molar-refractivity contribution in [1.82, 2.24) is 15.0 Å². The Hall–Kier alpha value is -5.65. The monoisotopic (exact) mass is 600 g/mol. The van der Waals surface area contributed by atoms with E-state index in [1.54, 1.807) is 23.5 Å². The maximum Gasteiger partial charge on any atom is 0.164 e. The van der Waals surface area contributed by atoms with Crippen LogP contribution < -0.4 is 0 Å². The highest BCUT2D eigenvalue weighted by atomic mass is 32.1. The third-order valence-electron chi connectivity index (χ3n) is 8.07. The van der Waals surface area contributed by atoms with E-state index in [4.69, 9.17) is 26.2 Å². The minimum absolute atomic E-state index is 0.133. The van der Waals surface area contributed by atoms with Gasteiger partial charge in [-0.15, -0.1) is 11.3 Å². The molecule has 0 fully saturated rings. The van der Waals surface area contributed by atoms with E-state index in [1.807, 2.05) is 54.6 Å². The first kappa shape index (κ1) is 21.1. The highest BCUT2D eigenvalue weighted by Gasteiger charge is 2.19. The summed E-state index contributed by atoms with van der Waals surface area (Å²) < 4.78 is 50.3. The van der Waals surface area contributed by atoms with Gasteiger partial charge in [0, 0.05) is 48.5 Å². The van der Waals surface area contributed by atoms with E-state index in [-0.39, 0.29) is 29.7 Å². The Kier molecular flexibility index (Phi) is 4.93. The summed E-state index contributed by atoms with van der Waals surface area (Å²) >= 11 is 1.77. The number of aromatic nitrogens is 3. The van der Waals surface area contributed by atoms with Gasteiger partial charge in [-0.2, -0.15) is 0 Å². The van der Waals surface area contributed by atoms with E-state index in [1.165, 1.54) is 20.2 Å². The molecule has 212 valence electrons. The maximum atomic E-state index is 8.56. The smallest absolute Gasteiger partial charge is 0.164 e. The van der Waals surface area contributed by atoms with Crippen LogP contribution in [0.15, 0.2) is 144 Å². The largest absolute Gasteiger partial charge is 0.456 e. The summed E-state index contributed by atoms with van der Waals surface area (Å²) in [4.78, 5) is 15.1. The van der Waals surface area contributed by atoms with Crippen LogP contribution in [-0.4, -0.2) is 15.0 Å². The summed E-state index contributed by atoms with van der Waals surface area (Å²) in [5, 5.41) is 3.93. The molecule has 6 aromatic carbocycles. The topological polar surface area (TPSA) is 51.8 Å². The van der Waals surface area contributed by atoms with Crippen LogP contribution in [0.3, 0.4) is 0 Å². The van der Waals surface area contributed by atoms with E-state index in [0.29, 0.717) is 40.6 Å². The molecule has 0 aliphatic carbocycles. The van der Waals surface area contributed by atoms with Gasteiger partial charge in [-0.1, -0.05) is 115 Å². The lowest BCUT2D eigenvalue weighted by Gasteiger charge is -2.10. The molecule has 0 bridgehead atoms. The Balaban J connectivity index is 1.25. The number of hydrogen-bond acceptors (Lipinski definition) is 5. The SMILES string of the molecule is [2H]c1c([2H])c([2H])c(-c2ccc3oc4cccc(-c5nc(Cc6cccc7c6sc6ccccc67)nc(-c6ccccc6)n5)c4c3c2)c([2H])c1[2H]. The summed E-state index contributed by atoms with van der Waals surface area (Å²) in [5.41, 5.74) is 4.57. The molecule has 0 saturated heterocycles. The van der Waals surface area contributed by atoms with E-state index >= 15 is 0 Å². The van der Waals surface area contributed by atoms with Crippen LogP contribution in [0, 0.1) is 0 Å². The Morgan fingerprint density at radius 2 is 1.40 bits per heavy atom. The molecule has 9 rings (SSSR count). The van der Waals surface area contributed by atoms with Gasteiger partial charge in [0.25, 0.3) is 0 Å². The quantitative estimate of drug-likeness (QED) is 0.197. The van der Waals surface area contributed by atoms with Crippen molar-refractivity contribution in [2.75, 3.05) is 0 Å². The lowest BCUT2D eigenvalue weighted by atomic mass is 10.0. The number of nitrogens with zero attached hydrogens (tertiary/aromatic N) is 3. The molecule has 0 atom stereocenters. The van der Waals surface area contributed by atoms with E-state index in [2.05, 4.69) is 42.5 Å². The normalized spacial score (nSPS) is 13.2. The minimum atomic E-state index is -0.427. The van der Waals surface area contributed by atoms with Crippen molar-refractivity contribution < 1.29 is 11.3 Å². The third-order valence-corrected chi connectivity index (χ3v) is 9.33. The van der Waals surface area contributed by atoms with E-state index < -0.39 is 6.04 Å². The molecule has 3 heterocycles. The second kappa shape index (κ2) is 10.5. The first-order chi connectivity index (χ1) is 24.4. The molecule has 45 heavy (non-hydrogen) atoms. The van der Waals surface area contributed by atoms with Crippen LogP contribution >= 0.6 is 11.3 Å². The van der Waals surface area contributed by atoms with Crippen LogP contribution in [0.2, 0.25) is 0 Å². The van der Waals surface area contributed by atoms with Crippen molar-refractivity contribution in [3.8, 4) is 33.9 Å². The minimum Gasteiger partial charge on any atom is -0.456 e. The van der Waals surface area contributed by atoms with Gasteiger partial charge in [-0.05, 0) is 41.0 Å². The van der Waals surface area contributed by atoms with Crippen LogP contribution in [0.4, 0.5) is 0 Å². The van der Waals surface area contributed by atoms with Crippen molar-refractivity contribution >= 4 is 53.4 Å². The number of thiophene rings is 1. The first-order valence-electron chi connectivity index (χ1n) is 17.1. The summed E-state index contributed by atoms with van der Waals surface area (Å²) in [5.74, 6) is 1.67. The van der Waals surface area contributed by atoms with E-state index in [0.717, 1.165) is 27.5 Å². The number of benzene rings is 6. The third kappa shape index (κ3) is 4.48. The van der Waals surface area contributed by atoms with Crippen molar-refractivity contribution in [1.29, 1.82) is 0 Å². The lowest BCUT2D eigenvalue weighted by Crippen LogP contribution is -2.04. The molecule has 3 aromatic heterocycles. The van der Waals surface area contributed by atoms with Crippen LogP contribution in [-0.2, 0) is 6.42 Å². The molecule has 0 saturated carbocycles. The molecule has 0 radical (unpaired) electrons. The standard InChI is InChI=1S/C40H25N3OS/c1-3-11-25(12-4-1)27-21-22-33-32(23-27)37-31(18-10-19-34(37)44-33)40-42-36(41-39(43-40)26-13-5-2-6-14-26)24-28-15-9-17-30-29-16-7-8-20-35(29)45-38(28)30/h1-23H,24H2/i1D,3D,4D,11D,12D. The second-order valence-electron chi connectivity index (χ2n) is 10.8. The second-order valence-corrected chi connectivity index (χ2v) is 11.9. The van der Waals surface area contributed by atoms with Crippen LogP contribution in [0.5, 0.6) is 0 Å². The average molecular weight is 601 g/mol. The van der Waals surface area contributed by atoms with E-state index in [9.17, 15) is 0 Å². The highest BCUT2D eigenvalue weighted by Crippen LogP contribution is 2.39. The molecule has 9 aromatic rings. The maximum absolute atomic E-state index is 8.56. The van der Waals surface area contributed by atoms with Gasteiger partial charge >= 0.3 is 0 Å². The molecule has 0 spiro atoms. The molecular formula is C40H25N3OS. The van der Waals surface area contributed by atoms with Gasteiger partial charge < -0.3 is 4.42 Å². The van der Waals surface area contributed by atoms with Crippen molar-refractivity contribution in [2.45, 2.75) is 6.42 Å². The number of fused-ring (bicyclic) bond motifs is 6. The Morgan fingerprint density at radius 1 is 0.600 bits per heavy atom. The van der Waals surface area contributed by atoms with Crippen molar-refractivity contribution in [3.05, 3.63) is 151 Å². The fourth-order valence-corrected chi connectivity index (χ4v) is 7.23. The predicted molar refractivity (Wildman–Crippen MR) is 186 cm³/mol. The Labute approximate surface area is 270 Å². The van der Waals surface area contributed by atoms with Gasteiger partial charge in [0.1, 0.15) is 17.0 Å². The fraction of sp³-hybridized carbons (Fsp3) is 0.0250. The van der Waals surface area contributed by atoms with Crippen LogP contribution in [0.25, 0.3) is 76.0 Å². The molecule has 0 aliphatic rings. The molecule has 4 nitrogen and oxygen atoms in total. The summed E-state index contributed by atoms with van der Waals surface area (Å²) in [6.07, 6.45) is 0.501. The molecular weight excluding hydrogens is 571 g/mol.